The second-order valence-corrected chi connectivity index (χ2v) is 5.67. The Balaban J connectivity index is 2.36. The van der Waals surface area contributed by atoms with Gasteiger partial charge in [0.15, 0.2) is 0 Å². The van der Waals surface area contributed by atoms with Gasteiger partial charge in [-0.3, -0.25) is 0 Å². The van der Waals surface area contributed by atoms with E-state index in [-0.39, 0.29) is 6.42 Å². The first-order valence-corrected chi connectivity index (χ1v) is 8.33. The summed E-state index contributed by atoms with van der Waals surface area (Å²) in [6.07, 6.45) is 4.25. The van der Waals surface area contributed by atoms with Gasteiger partial charge in [-0.05, 0) is 30.4 Å². The maximum absolute atomic E-state index is 11.7. The molecule has 0 radical (unpaired) electrons. The highest BCUT2D eigenvalue weighted by Gasteiger charge is 2.19. The lowest BCUT2D eigenvalue weighted by molar-refractivity contribution is -0.139. The fourth-order valence-electron chi connectivity index (χ4n) is 1.83. The maximum Gasteiger partial charge on any atom is 0.326 e. The molecule has 5 nitrogen and oxygen atoms in total. The van der Waals surface area contributed by atoms with E-state index in [1.165, 1.54) is 0 Å². The first kappa shape index (κ1) is 17.4. The Morgan fingerprint density at radius 2 is 1.95 bits per heavy atom. The van der Waals surface area contributed by atoms with Crippen LogP contribution in [0.3, 0.4) is 0 Å². The lowest BCUT2D eigenvalue weighted by Crippen LogP contribution is -2.47. The summed E-state index contributed by atoms with van der Waals surface area (Å²) < 4.78 is 0. The van der Waals surface area contributed by atoms with Crippen LogP contribution in [0, 0.1) is 0 Å². The summed E-state index contributed by atoms with van der Waals surface area (Å²) in [7, 11) is 0. The number of carbonyl (C=O) groups is 2. The summed E-state index contributed by atoms with van der Waals surface area (Å²) in [5, 5.41) is 14.4. The van der Waals surface area contributed by atoms with E-state index in [9.17, 15) is 14.7 Å². The molecule has 3 N–H and O–H groups in total. The first-order chi connectivity index (χ1) is 10.1. The third kappa shape index (κ3) is 7.60. The van der Waals surface area contributed by atoms with Crippen LogP contribution in [0.5, 0.6) is 0 Å². The number of urea groups is 1. The summed E-state index contributed by atoms with van der Waals surface area (Å²) >= 11 is 1.77. The second-order valence-electron chi connectivity index (χ2n) is 4.68. The van der Waals surface area contributed by atoms with Crippen molar-refractivity contribution in [2.75, 3.05) is 18.6 Å². The van der Waals surface area contributed by atoms with E-state index in [0.29, 0.717) is 6.54 Å². The Morgan fingerprint density at radius 1 is 1.24 bits per heavy atom. The maximum atomic E-state index is 11.7. The van der Waals surface area contributed by atoms with Gasteiger partial charge in [-0.25, -0.2) is 9.59 Å². The minimum atomic E-state index is -1.03. The molecule has 21 heavy (non-hydrogen) atoms. The van der Waals surface area contributed by atoms with Crippen molar-refractivity contribution < 1.29 is 14.7 Å². The highest BCUT2D eigenvalue weighted by atomic mass is 32.2. The molecule has 0 unspecified atom stereocenters. The lowest BCUT2D eigenvalue weighted by atomic mass is 10.1. The Morgan fingerprint density at radius 3 is 2.57 bits per heavy atom. The van der Waals surface area contributed by atoms with Crippen LogP contribution >= 0.6 is 11.8 Å². The number of carbonyl (C=O) groups excluding carboxylic acids is 1. The molecule has 1 aromatic carbocycles. The zero-order valence-electron chi connectivity index (χ0n) is 12.2. The molecule has 0 saturated heterocycles. The van der Waals surface area contributed by atoms with Crippen LogP contribution in [-0.2, 0) is 11.2 Å². The molecule has 0 bridgehead atoms. The van der Waals surface area contributed by atoms with Crippen LogP contribution in [0.4, 0.5) is 4.79 Å². The molecule has 0 aliphatic rings. The highest BCUT2D eigenvalue weighted by Crippen LogP contribution is 2.03. The Bertz CT molecular complexity index is 440. The number of benzene rings is 1. The smallest absolute Gasteiger partial charge is 0.326 e. The number of thioether (sulfide) groups is 1. The van der Waals surface area contributed by atoms with E-state index in [4.69, 9.17) is 0 Å². The molecule has 0 aliphatic heterocycles. The number of hydrogen-bond donors (Lipinski definition) is 3. The highest BCUT2D eigenvalue weighted by molar-refractivity contribution is 7.98. The van der Waals surface area contributed by atoms with Gasteiger partial charge in [-0.1, -0.05) is 30.3 Å². The average Bonchev–Trinajstić information content (AvgIpc) is 2.47. The predicted octanol–water partition coefficient (Wildman–Crippen LogP) is 2.12. The molecule has 0 heterocycles. The lowest BCUT2D eigenvalue weighted by Gasteiger charge is -2.15. The fraction of sp³-hybridized carbons (Fsp3) is 0.467. The predicted molar refractivity (Wildman–Crippen MR) is 85.7 cm³/mol. The van der Waals surface area contributed by atoms with E-state index in [1.54, 1.807) is 11.8 Å². The van der Waals surface area contributed by atoms with Gasteiger partial charge in [0.05, 0.1) is 0 Å². The molecule has 1 atom stereocenters. The number of amides is 2. The zero-order chi connectivity index (χ0) is 15.5. The molecular formula is C15H22N2O3S. The van der Waals surface area contributed by atoms with Crippen LogP contribution in [0.2, 0.25) is 0 Å². The van der Waals surface area contributed by atoms with Gasteiger partial charge in [-0.15, -0.1) is 0 Å². The Kier molecular flexibility index (Phi) is 8.35. The summed E-state index contributed by atoms with van der Waals surface area (Å²) in [4.78, 5) is 22.9. The number of aliphatic carboxylic acids is 1. The Hall–Kier alpha value is -1.69. The van der Waals surface area contributed by atoms with E-state index in [0.717, 1.165) is 24.2 Å². The topological polar surface area (TPSA) is 78.4 Å². The number of carboxylic acid groups (broad SMARTS) is 1. The van der Waals surface area contributed by atoms with Crippen molar-refractivity contribution in [1.82, 2.24) is 10.6 Å². The van der Waals surface area contributed by atoms with Crippen molar-refractivity contribution in [3.8, 4) is 0 Å². The van der Waals surface area contributed by atoms with Crippen LogP contribution in [0.25, 0.3) is 0 Å². The van der Waals surface area contributed by atoms with Gasteiger partial charge >= 0.3 is 12.0 Å². The number of nitrogens with one attached hydrogen (secondary N) is 2. The first-order valence-electron chi connectivity index (χ1n) is 6.93. The van der Waals surface area contributed by atoms with E-state index in [1.807, 2.05) is 36.6 Å². The molecule has 6 heteroatoms. The number of carboxylic acids is 1. The van der Waals surface area contributed by atoms with Crippen LogP contribution in [-0.4, -0.2) is 41.7 Å². The number of hydrogen-bond acceptors (Lipinski definition) is 3. The summed E-state index contributed by atoms with van der Waals surface area (Å²) in [6.45, 7) is 0.560. The summed E-state index contributed by atoms with van der Waals surface area (Å²) in [5.41, 5.74) is 0.880. The second kappa shape index (κ2) is 10.1. The third-order valence-electron chi connectivity index (χ3n) is 2.95. The quantitative estimate of drug-likeness (QED) is 0.611. The van der Waals surface area contributed by atoms with Gasteiger partial charge in [0.2, 0.25) is 0 Å². The van der Waals surface area contributed by atoms with Gasteiger partial charge in [0.25, 0.3) is 0 Å². The SMILES string of the molecule is CSCCCCNC(=O)N[C@@H](Cc1ccccc1)C(=O)O. The minimum absolute atomic E-state index is 0.274. The van der Waals surface area contributed by atoms with Gasteiger partial charge in [0.1, 0.15) is 6.04 Å². The normalized spacial score (nSPS) is 11.7. The molecule has 0 saturated carbocycles. The summed E-state index contributed by atoms with van der Waals surface area (Å²) in [6, 6.07) is 7.91. The summed E-state index contributed by atoms with van der Waals surface area (Å²) in [5.74, 6) is 0.0334. The molecule has 2 amide bonds. The molecule has 0 aliphatic carbocycles. The van der Waals surface area contributed by atoms with Crippen molar-refractivity contribution in [3.05, 3.63) is 35.9 Å². The third-order valence-corrected chi connectivity index (χ3v) is 3.64. The molecule has 1 aromatic rings. The van der Waals surface area contributed by atoms with Crippen LogP contribution in [0.1, 0.15) is 18.4 Å². The van der Waals surface area contributed by atoms with Crippen molar-refractivity contribution in [2.24, 2.45) is 0 Å². The van der Waals surface area contributed by atoms with Gasteiger partial charge < -0.3 is 15.7 Å². The largest absolute Gasteiger partial charge is 0.480 e. The number of rotatable bonds is 9. The van der Waals surface area contributed by atoms with Gasteiger partial charge in [-0.2, -0.15) is 11.8 Å². The minimum Gasteiger partial charge on any atom is -0.480 e. The van der Waals surface area contributed by atoms with Crippen molar-refractivity contribution in [1.29, 1.82) is 0 Å². The number of unbranched alkanes of at least 4 members (excludes halogenated alkanes) is 1. The van der Waals surface area contributed by atoms with Crippen LogP contribution < -0.4 is 10.6 Å². The van der Waals surface area contributed by atoms with Crippen LogP contribution in [0.15, 0.2) is 30.3 Å². The van der Waals surface area contributed by atoms with E-state index >= 15 is 0 Å². The monoisotopic (exact) mass is 310 g/mol. The Labute approximate surface area is 129 Å². The molecule has 116 valence electrons. The molecule has 0 spiro atoms. The average molecular weight is 310 g/mol. The van der Waals surface area contributed by atoms with Gasteiger partial charge in [0, 0.05) is 13.0 Å². The van der Waals surface area contributed by atoms with E-state index in [2.05, 4.69) is 10.6 Å². The molecule has 1 rings (SSSR count). The fourth-order valence-corrected chi connectivity index (χ4v) is 2.33. The van der Waals surface area contributed by atoms with Crippen molar-refractivity contribution in [2.45, 2.75) is 25.3 Å². The standard InChI is InChI=1S/C15H22N2O3S/c1-21-10-6-5-9-16-15(20)17-13(14(18)19)11-12-7-3-2-4-8-12/h2-4,7-8,13H,5-6,9-11H2,1H3,(H,18,19)(H2,16,17,20)/t13-/m0/s1. The van der Waals surface area contributed by atoms with Crippen molar-refractivity contribution >= 4 is 23.8 Å². The van der Waals surface area contributed by atoms with Crippen molar-refractivity contribution in [3.63, 3.8) is 0 Å². The molecular weight excluding hydrogens is 288 g/mol. The zero-order valence-corrected chi connectivity index (χ0v) is 13.0. The molecule has 0 fully saturated rings. The van der Waals surface area contributed by atoms with E-state index < -0.39 is 18.0 Å². The molecule has 0 aromatic heterocycles.